The lowest BCUT2D eigenvalue weighted by molar-refractivity contribution is 0.197. The molecule has 0 radical (unpaired) electrons. The van der Waals surface area contributed by atoms with Gasteiger partial charge in [-0.25, -0.2) is 4.57 Å². The highest BCUT2D eigenvalue weighted by atomic mass is 35.6. The molecule has 0 aliphatic carbocycles. The fourth-order valence-corrected chi connectivity index (χ4v) is 2.40. The van der Waals surface area contributed by atoms with Crippen molar-refractivity contribution in [1.82, 2.24) is 0 Å². The van der Waals surface area contributed by atoms with E-state index in [0.29, 0.717) is 5.75 Å². The van der Waals surface area contributed by atoms with Crippen LogP contribution in [0.1, 0.15) is 0 Å². The molecule has 0 aromatic heterocycles. The summed E-state index contributed by atoms with van der Waals surface area (Å²) in [5.41, 5.74) is 0. The number of para-hydroxylation sites is 1. The topological polar surface area (TPSA) is 44.8 Å². The molecular weight excluding hydrogens is 321 g/mol. The number of hydrogen-bond donors (Lipinski definition) is 0. The molecule has 1 rings (SSSR count). The number of halogens is 3. The minimum Gasteiger partial charge on any atom is -0.404 e. The zero-order valence-electron chi connectivity index (χ0n) is 9.09. The van der Waals surface area contributed by atoms with Gasteiger partial charge in [-0.3, -0.25) is 4.52 Å². The van der Waals surface area contributed by atoms with E-state index in [1.165, 1.54) is 0 Å². The third kappa shape index (κ3) is 5.98. The lowest BCUT2D eigenvalue weighted by Crippen LogP contribution is -2.13. The van der Waals surface area contributed by atoms with Crippen LogP contribution < -0.4 is 4.52 Å². The van der Waals surface area contributed by atoms with Gasteiger partial charge in [-0.15, -0.1) is 0 Å². The standard InChI is InChI=1S/C10H10Cl3O4P/c1-2-15-18(14,16-8-10(11,12)13)17-9-6-4-3-5-7-9/h2-7H,1,8H2. The maximum absolute atomic E-state index is 12.1. The first-order valence-corrected chi connectivity index (χ1v) is 7.29. The Kier molecular flexibility index (Phi) is 5.83. The molecule has 0 heterocycles. The molecule has 0 N–H and O–H groups in total. The van der Waals surface area contributed by atoms with Crippen LogP contribution in [0.5, 0.6) is 5.75 Å². The first-order chi connectivity index (χ1) is 8.35. The average Bonchev–Trinajstić information content (AvgIpc) is 2.27. The third-order valence-electron chi connectivity index (χ3n) is 1.55. The summed E-state index contributed by atoms with van der Waals surface area (Å²) >= 11 is 16.5. The molecule has 8 heteroatoms. The molecule has 18 heavy (non-hydrogen) atoms. The number of rotatable bonds is 6. The lowest BCUT2D eigenvalue weighted by Gasteiger charge is -2.19. The van der Waals surface area contributed by atoms with Crippen molar-refractivity contribution < 1.29 is 18.1 Å². The van der Waals surface area contributed by atoms with Gasteiger partial charge in [-0.05, 0) is 12.1 Å². The zero-order chi connectivity index (χ0) is 13.6. The molecule has 4 nitrogen and oxygen atoms in total. The maximum atomic E-state index is 12.1. The first-order valence-electron chi connectivity index (χ1n) is 4.70. The minimum atomic E-state index is -3.91. The number of phosphoric acid groups is 1. The maximum Gasteiger partial charge on any atom is 0.587 e. The van der Waals surface area contributed by atoms with E-state index in [9.17, 15) is 4.57 Å². The zero-order valence-corrected chi connectivity index (χ0v) is 12.3. The molecule has 0 fully saturated rings. The van der Waals surface area contributed by atoms with Gasteiger partial charge in [0.25, 0.3) is 0 Å². The van der Waals surface area contributed by atoms with Crippen LogP contribution in [-0.4, -0.2) is 10.4 Å². The van der Waals surface area contributed by atoms with E-state index in [1.54, 1.807) is 30.3 Å². The van der Waals surface area contributed by atoms with Gasteiger partial charge in [-0.1, -0.05) is 59.6 Å². The molecule has 0 saturated carbocycles. The van der Waals surface area contributed by atoms with Crippen molar-refractivity contribution in [3.8, 4) is 5.75 Å². The molecule has 1 aromatic carbocycles. The van der Waals surface area contributed by atoms with Crippen LogP contribution in [-0.2, 0) is 13.6 Å². The summed E-state index contributed by atoms with van der Waals surface area (Å²) < 4.78 is 25.1. The van der Waals surface area contributed by atoms with Gasteiger partial charge < -0.3 is 9.05 Å². The Morgan fingerprint density at radius 2 is 1.89 bits per heavy atom. The number of phosphoric ester groups is 1. The molecule has 0 spiro atoms. The van der Waals surface area contributed by atoms with Crippen molar-refractivity contribution >= 4 is 42.6 Å². The Hall–Kier alpha value is -0.380. The second-order valence-electron chi connectivity index (χ2n) is 3.01. The second kappa shape index (κ2) is 6.69. The summed E-state index contributed by atoms with van der Waals surface area (Å²) in [6.45, 7) is 2.83. The highest BCUT2D eigenvalue weighted by molar-refractivity contribution is 7.49. The number of benzene rings is 1. The monoisotopic (exact) mass is 330 g/mol. The molecular formula is C10H10Cl3O4P. The molecule has 1 atom stereocenters. The molecule has 100 valence electrons. The summed E-state index contributed by atoms with van der Waals surface area (Å²) in [5.74, 6) is 0.298. The Balaban J connectivity index is 2.74. The number of alkyl halides is 3. The Morgan fingerprint density at radius 1 is 1.28 bits per heavy atom. The van der Waals surface area contributed by atoms with E-state index in [1.807, 2.05) is 0 Å². The van der Waals surface area contributed by atoms with Crippen molar-refractivity contribution in [2.24, 2.45) is 0 Å². The molecule has 1 unspecified atom stereocenters. The van der Waals surface area contributed by atoms with E-state index >= 15 is 0 Å². The van der Waals surface area contributed by atoms with E-state index in [0.717, 1.165) is 6.26 Å². The van der Waals surface area contributed by atoms with Gasteiger partial charge in [0.2, 0.25) is 3.79 Å². The molecule has 1 aromatic rings. The van der Waals surface area contributed by atoms with Crippen molar-refractivity contribution in [3.63, 3.8) is 0 Å². The Labute approximate surface area is 120 Å². The van der Waals surface area contributed by atoms with Crippen LogP contribution in [0.4, 0.5) is 0 Å². The summed E-state index contributed by atoms with van der Waals surface area (Å²) in [6.07, 6.45) is 0.933. The van der Waals surface area contributed by atoms with Gasteiger partial charge in [-0.2, -0.15) is 0 Å². The lowest BCUT2D eigenvalue weighted by atomic mass is 10.3. The average molecular weight is 332 g/mol. The van der Waals surface area contributed by atoms with Crippen LogP contribution in [0.2, 0.25) is 0 Å². The van der Waals surface area contributed by atoms with E-state index in [2.05, 4.69) is 6.58 Å². The van der Waals surface area contributed by atoms with Crippen LogP contribution in [0.25, 0.3) is 0 Å². The van der Waals surface area contributed by atoms with E-state index in [-0.39, 0.29) is 0 Å². The summed E-state index contributed by atoms with van der Waals surface area (Å²) in [7, 11) is -3.91. The SMILES string of the molecule is C=COP(=O)(OCC(Cl)(Cl)Cl)Oc1ccccc1. The predicted molar refractivity (Wildman–Crippen MR) is 72.2 cm³/mol. The summed E-state index contributed by atoms with van der Waals surface area (Å²) in [4.78, 5) is 0. The smallest absolute Gasteiger partial charge is 0.404 e. The quantitative estimate of drug-likeness (QED) is 0.430. The Morgan fingerprint density at radius 3 is 2.39 bits per heavy atom. The summed E-state index contributed by atoms with van der Waals surface area (Å²) in [5, 5.41) is 0. The highest BCUT2D eigenvalue weighted by Crippen LogP contribution is 2.51. The van der Waals surface area contributed by atoms with E-state index < -0.39 is 18.2 Å². The predicted octanol–water partition coefficient (Wildman–Crippen LogP) is 4.72. The molecule has 0 amide bonds. The van der Waals surface area contributed by atoms with Gasteiger partial charge in [0, 0.05) is 0 Å². The van der Waals surface area contributed by atoms with Crippen molar-refractivity contribution in [2.45, 2.75) is 3.79 Å². The molecule has 0 saturated heterocycles. The van der Waals surface area contributed by atoms with E-state index in [4.69, 9.17) is 48.4 Å². The van der Waals surface area contributed by atoms with Crippen molar-refractivity contribution in [1.29, 1.82) is 0 Å². The fourth-order valence-electron chi connectivity index (χ4n) is 0.932. The van der Waals surface area contributed by atoms with Crippen LogP contribution in [0.3, 0.4) is 0 Å². The van der Waals surface area contributed by atoms with Crippen LogP contribution in [0, 0.1) is 0 Å². The van der Waals surface area contributed by atoms with Gasteiger partial charge in [0.05, 0.1) is 6.26 Å². The largest absolute Gasteiger partial charge is 0.587 e. The first kappa shape index (κ1) is 15.7. The minimum absolute atomic E-state index is 0.298. The highest BCUT2D eigenvalue weighted by Gasteiger charge is 2.33. The molecule has 0 aliphatic heterocycles. The number of hydrogen-bond acceptors (Lipinski definition) is 4. The normalized spacial score (nSPS) is 14.6. The molecule has 0 aliphatic rings. The van der Waals surface area contributed by atoms with Crippen molar-refractivity contribution in [2.75, 3.05) is 6.61 Å². The Bertz CT molecular complexity index is 432. The van der Waals surface area contributed by atoms with Gasteiger partial charge >= 0.3 is 7.82 Å². The molecule has 0 bridgehead atoms. The second-order valence-corrected chi connectivity index (χ2v) is 7.07. The van der Waals surface area contributed by atoms with Crippen LogP contribution in [0.15, 0.2) is 43.2 Å². The third-order valence-corrected chi connectivity index (χ3v) is 3.16. The summed E-state index contributed by atoms with van der Waals surface area (Å²) in [6, 6.07) is 8.33. The van der Waals surface area contributed by atoms with Crippen molar-refractivity contribution in [3.05, 3.63) is 43.2 Å². The fraction of sp³-hybridized carbons (Fsp3) is 0.200. The van der Waals surface area contributed by atoms with Gasteiger partial charge in [0.1, 0.15) is 12.4 Å². The van der Waals surface area contributed by atoms with Crippen LogP contribution >= 0.6 is 42.6 Å². The van der Waals surface area contributed by atoms with Gasteiger partial charge in [0.15, 0.2) is 0 Å².